The van der Waals surface area contributed by atoms with Gasteiger partial charge in [0.15, 0.2) is 5.65 Å². The Hall–Kier alpha value is -4.09. The summed E-state index contributed by atoms with van der Waals surface area (Å²) >= 11 is 0. The third-order valence-electron chi connectivity index (χ3n) is 7.05. The molecule has 0 atom stereocenters. The minimum absolute atomic E-state index is 0.0734. The van der Waals surface area contributed by atoms with Crippen LogP contribution in [0.15, 0.2) is 52.2 Å². The summed E-state index contributed by atoms with van der Waals surface area (Å²) in [7, 11) is 0. The van der Waals surface area contributed by atoms with Gasteiger partial charge < -0.3 is 14.6 Å². The highest BCUT2D eigenvalue weighted by atomic mass is 19.4. The van der Waals surface area contributed by atoms with E-state index in [1.165, 1.54) is 21.3 Å². The molecule has 3 aromatic heterocycles. The predicted molar refractivity (Wildman–Crippen MR) is 146 cm³/mol. The first kappa shape index (κ1) is 27.5. The van der Waals surface area contributed by atoms with Gasteiger partial charge in [-0.25, -0.2) is 14.8 Å². The van der Waals surface area contributed by atoms with E-state index in [1.54, 1.807) is 18.3 Å². The van der Waals surface area contributed by atoms with E-state index in [0.717, 1.165) is 24.2 Å². The van der Waals surface area contributed by atoms with Crippen LogP contribution in [0, 0.1) is 0 Å². The lowest BCUT2D eigenvalue weighted by molar-refractivity contribution is -0.137. The lowest BCUT2D eigenvalue weighted by Crippen LogP contribution is -2.40. The van der Waals surface area contributed by atoms with Crippen molar-refractivity contribution in [3.8, 4) is 17.3 Å². The van der Waals surface area contributed by atoms with Crippen LogP contribution in [-0.4, -0.2) is 43.3 Å². The molecular weight excluding hydrogens is 525 g/mol. The molecule has 1 aromatic carbocycles. The number of rotatable bonds is 8. The smallest absolute Gasteiger partial charge is 0.416 e. The number of hydrogen-bond donors (Lipinski definition) is 1. The fourth-order valence-electron chi connectivity index (χ4n) is 5.00. The molecule has 0 radical (unpaired) electrons. The lowest BCUT2D eigenvalue weighted by Gasteiger charge is -2.33. The van der Waals surface area contributed by atoms with Crippen LogP contribution < -0.4 is 20.9 Å². The number of H-pyrrole nitrogens is 1. The Bertz CT molecular complexity index is 1580. The average Bonchev–Trinajstić information content (AvgIpc) is 3.39. The maximum absolute atomic E-state index is 13.0. The second-order valence-electron chi connectivity index (χ2n) is 9.91. The third-order valence-corrected chi connectivity index (χ3v) is 7.05. The van der Waals surface area contributed by atoms with Gasteiger partial charge in [0, 0.05) is 62.5 Å². The van der Waals surface area contributed by atoms with Crippen LogP contribution in [0.5, 0.6) is 5.88 Å². The minimum atomic E-state index is -4.35. The molecule has 0 unspecified atom stereocenters. The summed E-state index contributed by atoms with van der Waals surface area (Å²) in [5.74, 6) is 0.885. The molecule has 4 aromatic rings. The maximum atomic E-state index is 13.0. The third kappa shape index (κ3) is 5.47. The Morgan fingerprint density at radius 3 is 2.25 bits per heavy atom. The first-order chi connectivity index (χ1) is 19.2. The van der Waals surface area contributed by atoms with Crippen molar-refractivity contribution in [2.24, 2.45) is 0 Å². The largest absolute Gasteiger partial charge is 0.474 e. The SMILES string of the molecule is CCCn1c(=O)c2[nH]c(-c3ccc(OC4CCN(c5ccc(C(F)(F)F)cc5)CC4)nc3)nc2n(CCC)c1=O. The van der Waals surface area contributed by atoms with Crippen molar-refractivity contribution in [1.82, 2.24) is 24.1 Å². The van der Waals surface area contributed by atoms with Gasteiger partial charge in [0.1, 0.15) is 17.4 Å². The second kappa shape index (κ2) is 11.2. The number of nitrogens with one attached hydrogen (secondary N) is 1. The quantitative estimate of drug-likeness (QED) is 0.334. The number of piperidine rings is 1. The number of benzene rings is 1. The molecule has 212 valence electrons. The number of aromatic nitrogens is 5. The van der Waals surface area contributed by atoms with Crippen molar-refractivity contribution < 1.29 is 17.9 Å². The van der Waals surface area contributed by atoms with Crippen LogP contribution in [0.2, 0.25) is 0 Å². The van der Waals surface area contributed by atoms with E-state index in [2.05, 4.69) is 15.0 Å². The molecule has 1 fully saturated rings. The summed E-state index contributed by atoms with van der Waals surface area (Å²) in [6.07, 6.45) is -0.0289. The lowest BCUT2D eigenvalue weighted by atomic mass is 10.1. The van der Waals surface area contributed by atoms with Crippen LogP contribution in [-0.2, 0) is 19.3 Å². The highest BCUT2D eigenvalue weighted by Crippen LogP contribution is 2.31. The van der Waals surface area contributed by atoms with Gasteiger partial charge in [-0.1, -0.05) is 13.8 Å². The highest BCUT2D eigenvalue weighted by Gasteiger charge is 2.30. The minimum Gasteiger partial charge on any atom is -0.474 e. The molecular formula is C28H31F3N6O3. The molecule has 40 heavy (non-hydrogen) atoms. The molecule has 5 rings (SSSR count). The molecule has 1 aliphatic heterocycles. The van der Waals surface area contributed by atoms with Gasteiger partial charge in [0.25, 0.3) is 5.56 Å². The number of fused-ring (bicyclic) bond motifs is 1. The molecule has 1 aliphatic rings. The molecule has 1 N–H and O–H groups in total. The van der Waals surface area contributed by atoms with Crippen LogP contribution in [0.1, 0.15) is 45.1 Å². The Balaban J connectivity index is 1.27. The number of aromatic amines is 1. The van der Waals surface area contributed by atoms with Crippen molar-refractivity contribution in [3.63, 3.8) is 0 Å². The Morgan fingerprint density at radius 2 is 1.65 bits per heavy atom. The van der Waals surface area contributed by atoms with E-state index >= 15 is 0 Å². The standard InChI is InChI=1S/C28H31F3N6O3/c1-3-13-36-25-23(26(38)37(14-4-2)27(36)39)33-24(34-25)18-5-10-22(32-17-18)40-21-11-15-35(16-12-21)20-8-6-19(7-9-20)28(29,30)31/h5-10,17,21H,3-4,11-16H2,1-2H3,(H,33,34). The van der Waals surface area contributed by atoms with E-state index in [1.807, 2.05) is 18.7 Å². The van der Waals surface area contributed by atoms with E-state index in [0.29, 0.717) is 68.4 Å². The van der Waals surface area contributed by atoms with Crippen molar-refractivity contribution in [2.45, 2.75) is 64.9 Å². The first-order valence-corrected chi connectivity index (χ1v) is 13.5. The zero-order valence-corrected chi connectivity index (χ0v) is 22.4. The molecule has 4 heterocycles. The zero-order chi connectivity index (χ0) is 28.4. The molecule has 1 saturated heterocycles. The van der Waals surface area contributed by atoms with Crippen LogP contribution in [0.25, 0.3) is 22.6 Å². The Kier molecular flexibility index (Phi) is 7.68. The van der Waals surface area contributed by atoms with E-state index < -0.39 is 11.7 Å². The summed E-state index contributed by atoms with van der Waals surface area (Å²) in [6, 6.07) is 8.75. The molecule has 0 aliphatic carbocycles. The van der Waals surface area contributed by atoms with Crippen molar-refractivity contribution in [3.05, 3.63) is 69.0 Å². The Morgan fingerprint density at radius 1 is 0.975 bits per heavy atom. The maximum Gasteiger partial charge on any atom is 0.416 e. The van der Waals surface area contributed by atoms with Crippen LogP contribution in [0.4, 0.5) is 18.9 Å². The van der Waals surface area contributed by atoms with Gasteiger partial charge in [-0.15, -0.1) is 0 Å². The number of imidazole rings is 1. The number of hydrogen-bond acceptors (Lipinski definition) is 6. The first-order valence-electron chi connectivity index (χ1n) is 13.5. The van der Waals surface area contributed by atoms with Gasteiger partial charge in [0.2, 0.25) is 5.88 Å². The van der Waals surface area contributed by atoms with Gasteiger partial charge in [-0.2, -0.15) is 13.2 Å². The summed E-state index contributed by atoms with van der Waals surface area (Å²) in [4.78, 5) is 40.0. The number of pyridine rings is 1. The zero-order valence-electron chi connectivity index (χ0n) is 22.4. The summed E-state index contributed by atoms with van der Waals surface area (Å²) in [5, 5.41) is 0. The highest BCUT2D eigenvalue weighted by molar-refractivity contribution is 5.75. The monoisotopic (exact) mass is 556 g/mol. The number of ether oxygens (including phenoxy) is 1. The number of anilines is 1. The van der Waals surface area contributed by atoms with E-state index in [9.17, 15) is 22.8 Å². The predicted octanol–water partition coefficient (Wildman–Crippen LogP) is 4.83. The Labute approximate surface area is 228 Å². The fourth-order valence-corrected chi connectivity index (χ4v) is 5.00. The molecule has 9 nitrogen and oxygen atoms in total. The molecule has 0 spiro atoms. The van der Waals surface area contributed by atoms with Crippen LogP contribution in [0.3, 0.4) is 0 Å². The molecule has 12 heteroatoms. The normalized spacial score (nSPS) is 14.7. The number of alkyl halides is 3. The van der Waals surface area contributed by atoms with Gasteiger partial charge in [-0.3, -0.25) is 13.9 Å². The number of halogens is 3. The van der Waals surface area contributed by atoms with Gasteiger partial charge in [-0.05, 0) is 43.2 Å². The second-order valence-corrected chi connectivity index (χ2v) is 9.91. The van der Waals surface area contributed by atoms with Gasteiger partial charge in [0.05, 0.1) is 5.56 Å². The fraction of sp³-hybridized carbons (Fsp3) is 0.429. The summed E-state index contributed by atoms with van der Waals surface area (Å²) < 4.78 is 47.4. The van der Waals surface area contributed by atoms with Crippen LogP contribution >= 0.6 is 0 Å². The van der Waals surface area contributed by atoms with Crippen molar-refractivity contribution in [1.29, 1.82) is 0 Å². The molecule has 0 bridgehead atoms. The van der Waals surface area contributed by atoms with E-state index in [-0.39, 0.29) is 22.9 Å². The topological polar surface area (TPSA) is 98.0 Å². The van der Waals surface area contributed by atoms with Gasteiger partial charge >= 0.3 is 11.9 Å². The number of aryl methyl sites for hydroxylation is 1. The van der Waals surface area contributed by atoms with Crippen molar-refractivity contribution in [2.75, 3.05) is 18.0 Å². The molecule has 0 saturated carbocycles. The number of nitrogens with zero attached hydrogens (tertiary/aromatic N) is 5. The average molecular weight is 557 g/mol. The molecule has 0 amide bonds. The summed E-state index contributed by atoms with van der Waals surface area (Å²) in [6.45, 7) is 5.97. The van der Waals surface area contributed by atoms with E-state index in [4.69, 9.17) is 4.74 Å². The van der Waals surface area contributed by atoms with Crippen molar-refractivity contribution >= 4 is 16.9 Å². The summed E-state index contributed by atoms with van der Waals surface area (Å²) in [5.41, 5.74) is 0.628.